The molecule has 1 aromatic rings. The summed E-state index contributed by atoms with van der Waals surface area (Å²) in [6.07, 6.45) is -9.30. The molecule has 0 amide bonds. The Morgan fingerprint density at radius 2 is 1.80 bits per heavy atom. The fourth-order valence-corrected chi connectivity index (χ4v) is 2.50. The number of alkyl halides is 6. The molecule has 2 nitrogen and oxygen atoms in total. The first-order valence-electron chi connectivity index (χ1n) is 5.91. The van der Waals surface area contributed by atoms with Gasteiger partial charge in [0.1, 0.15) is 0 Å². The second-order valence-corrected chi connectivity index (χ2v) is 5.23. The summed E-state index contributed by atoms with van der Waals surface area (Å²) in [5, 5.41) is 4.11. The molecule has 116 valence electrons. The highest BCUT2D eigenvalue weighted by molar-refractivity contribution is 7.09. The van der Waals surface area contributed by atoms with E-state index in [-0.39, 0.29) is 11.6 Å². The SMILES string of the molecule is CCCNC(Cc1nccs1)C(C(F)(F)F)C(F)(F)F. The molecule has 20 heavy (non-hydrogen) atoms. The van der Waals surface area contributed by atoms with Crippen LogP contribution in [-0.2, 0) is 6.42 Å². The van der Waals surface area contributed by atoms with Crippen LogP contribution in [0.2, 0.25) is 0 Å². The number of hydrogen-bond donors (Lipinski definition) is 1. The fraction of sp³-hybridized carbons (Fsp3) is 0.727. The summed E-state index contributed by atoms with van der Waals surface area (Å²) in [6, 6.07) is -1.76. The van der Waals surface area contributed by atoms with Gasteiger partial charge in [0.05, 0.1) is 5.01 Å². The minimum atomic E-state index is -5.35. The number of rotatable bonds is 6. The molecule has 1 rings (SSSR count). The zero-order valence-electron chi connectivity index (χ0n) is 10.6. The van der Waals surface area contributed by atoms with Crippen molar-refractivity contribution in [2.75, 3.05) is 6.54 Å². The van der Waals surface area contributed by atoms with Gasteiger partial charge in [-0.25, -0.2) is 4.98 Å². The summed E-state index contributed by atoms with van der Waals surface area (Å²) in [5.74, 6) is -3.40. The van der Waals surface area contributed by atoms with Gasteiger partial charge in [0, 0.05) is 24.0 Å². The molecule has 0 aliphatic rings. The fourth-order valence-electron chi connectivity index (χ4n) is 1.82. The van der Waals surface area contributed by atoms with E-state index in [1.54, 1.807) is 6.92 Å². The summed E-state index contributed by atoms with van der Waals surface area (Å²) >= 11 is 1.04. The Morgan fingerprint density at radius 3 is 2.20 bits per heavy atom. The molecule has 0 fully saturated rings. The Labute approximate surface area is 116 Å². The zero-order valence-corrected chi connectivity index (χ0v) is 11.4. The van der Waals surface area contributed by atoms with Crippen molar-refractivity contribution in [1.29, 1.82) is 0 Å². The van der Waals surface area contributed by atoms with Crippen LogP contribution in [0.15, 0.2) is 11.6 Å². The van der Waals surface area contributed by atoms with Gasteiger partial charge in [-0.05, 0) is 13.0 Å². The molecule has 1 atom stereocenters. The van der Waals surface area contributed by atoms with Gasteiger partial charge in [0.25, 0.3) is 0 Å². The monoisotopic (exact) mass is 320 g/mol. The highest BCUT2D eigenvalue weighted by Crippen LogP contribution is 2.42. The van der Waals surface area contributed by atoms with E-state index in [0.717, 1.165) is 11.3 Å². The van der Waals surface area contributed by atoms with Gasteiger partial charge in [-0.3, -0.25) is 0 Å². The maximum Gasteiger partial charge on any atom is 0.402 e. The number of hydrogen-bond acceptors (Lipinski definition) is 3. The molecule has 1 N–H and O–H groups in total. The smallest absolute Gasteiger partial charge is 0.313 e. The minimum Gasteiger partial charge on any atom is -0.313 e. The Hall–Kier alpha value is -0.830. The molecule has 0 aromatic carbocycles. The van der Waals surface area contributed by atoms with Crippen molar-refractivity contribution in [3.8, 4) is 0 Å². The van der Waals surface area contributed by atoms with Gasteiger partial charge in [0.2, 0.25) is 0 Å². The van der Waals surface area contributed by atoms with Crippen molar-refractivity contribution in [3.05, 3.63) is 16.6 Å². The molecule has 0 saturated heterocycles. The summed E-state index contributed by atoms with van der Waals surface area (Å²) in [7, 11) is 0. The van der Waals surface area contributed by atoms with Crippen molar-refractivity contribution >= 4 is 11.3 Å². The van der Waals surface area contributed by atoms with Crippen LogP contribution >= 0.6 is 11.3 Å². The van der Waals surface area contributed by atoms with Crippen LogP contribution in [0, 0.1) is 5.92 Å². The van der Waals surface area contributed by atoms with Crippen LogP contribution in [0.1, 0.15) is 18.4 Å². The zero-order chi connectivity index (χ0) is 15.4. The summed E-state index contributed by atoms with van der Waals surface area (Å²) in [4.78, 5) is 3.75. The molecular weight excluding hydrogens is 306 g/mol. The van der Waals surface area contributed by atoms with Crippen LogP contribution in [0.5, 0.6) is 0 Å². The summed E-state index contributed by atoms with van der Waals surface area (Å²) in [5.41, 5.74) is 0. The number of nitrogens with one attached hydrogen (secondary N) is 1. The third-order valence-electron chi connectivity index (χ3n) is 2.64. The average molecular weight is 320 g/mol. The van der Waals surface area contributed by atoms with Crippen LogP contribution in [-0.4, -0.2) is 29.9 Å². The maximum absolute atomic E-state index is 12.7. The van der Waals surface area contributed by atoms with Crippen molar-refractivity contribution in [1.82, 2.24) is 10.3 Å². The highest BCUT2D eigenvalue weighted by atomic mass is 32.1. The molecule has 1 unspecified atom stereocenters. The molecule has 0 bridgehead atoms. The normalized spacial score (nSPS) is 14.8. The standard InChI is InChI=1S/C11H14F6N2S/c1-2-3-18-7(6-8-19-4-5-20-8)9(10(12,13)14)11(15,16)17/h4-5,7,9,18H,2-3,6H2,1H3. The van der Waals surface area contributed by atoms with Gasteiger partial charge < -0.3 is 5.32 Å². The molecule has 1 heterocycles. The predicted octanol–water partition coefficient (Wildman–Crippen LogP) is 3.79. The summed E-state index contributed by atoms with van der Waals surface area (Å²) in [6.45, 7) is 1.75. The Kier molecular flexibility index (Phi) is 5.81. The van der Waals surface area contributed by atoms with Gasteiger partial charge in [-0.2, -0.15) is 26.3 Å². The maximum atomic E-state index is 12.7. The van der Waals surface area contributed by atoms with Crippen molar-refractivity contribution < 1.29 is 26.3 Å². The van der Waals surface area contributed by atoms with E-state index in [1.165, 1.54) is 11.6 Å². The second-order valence-electron chi connectivity index (χ2n) is 4.25. The van der Waals surface area contributed by atoms with Gasteiger partial charge >= 0.3 is 12.4 Å². The molecule has 0 aliphatic heterocycles. The van der Waals surface area contributed by atoms with E-state index >= 15 is 0 Å². The Morgan fingerprint density at radius 1 is 1.20 bits per heavy atom. The number of nitrogens with zero attached hydrogens (tertiary/aromatic N) is 1. The predicted molar refractivity (Wildman–Crippen MR) is 63.5 cm³/mol. The van der Waals surface area contributed by atoms with Gasteiger partial charge in [-0.1, -0.05) is 6.92 Å². The van der Waals surface area contributed by atoms with Crippen LogP contribution in [0.3, 0.4) is 0 Å². The van der Waals surface area contributed by atoms with E-state index in [1.807, 2.05) is 0 Å². The largest absolute Gasteiger partial charge is 0.402 e. The number of halogens is 6. The second kappa shape index (κ2) is 6.75. The molecule has 0 radical (unpaired) electrons. The van der Waals surface area contributed by atoms with Crippen LogP contribution in [0.4, 0.5) is 26.3 Å². The lowest BCUT2D eigenvalue weighted by molar-refractivity contribution is -0.291. The Balaban J connectivity index is 2.98. The third kappa shape index (κ3) is 4.93. The lowest BCUT2D eigenvalue weighted by Crippen LogP contribution is -2.52. The minimum absolute atomic E-state index is 0.0820. The topological polar surface area (TPSA) is 24.9 Å². The Bertz CT molecular complexity index is 373. The van der Waals surface area contributed by atoms with E-state index in [9.17, 15) is 26.3 Å². The molecule has 0 aliphatic carbocycles. The number of thiazole rings is 1. The first-order chi connectivity index (χ1) is 9.16. The van der Waals surface area contributed by atoms with Crippen LogP contribution < -0.4 is 5.32 Å². The van der Waals surface area contributed by atoms with E-state index < -0.39 is 30.7 Å². The molecular formula is C11H14F6N2S. The molecule has 9 heteroatoms. The van der Waals surface area contributed by atoms with E-state index in [2.05, 4.69) is 10.3 Å². The first kappa shape index (κ1) is 17.2. The quantitative estimate of drug-likeness (QED) is 0.807. The molecule has 0 saturated carbocycles. The summed E-state index contributed by atoms with van der Waals surface area (Å²) < 4.78 is 76.5. The lowest BCUT2D eigenvalue weighted by Gasteiger charge is -2.31. The van der Waals surface area contributed by atoms with Gasteiger partial charge in [0.15, 0.2) is 5.92 Å². The van der Waals surface area contributed by atoms with Gasteiger partial charge in [-0.15, -0.1) is 11.3 Å². The average Bonchev–Trinajstić information content (AvgIpc) is 2.74. The molecule has 0 spiro atoms. The van der Waals surface area contributed by atoms with Crippen molar-refractivity contribution in [3.63, 3.8) is 0 Å². The van der Waals surface area contributed by atoms with Crippen molar-refractivity contribution in [2.24, 2.45) is 5.92 Å². The van der Waals surface area contributed by atoms with Crippen molar-refractivity contribution in [2.45, 2.75) is 38.2 Å². The highest BCUT2D eigenvalue weighted by Gasteiger charge is 2.60. The molecule has 1 aromatic heterocycles. The van der Waals surface area contributed by atoms with Crippen LogP contribution in [0.25, 0.3) is 0 Å². The lowest BCUT2D eigenvalue weighted by atomic mass is 9.95. The van der Waals surface area contributed by atoms with E-state index in [4.69, 9.17) is 0 Å². The van der Waals surface area contributed by atoms with E-state index in [0.29, 0.717) is 6.42 Å². The number of aromatic nitrogens is 1. The first-order valence-corrected chi connectivity index (χ1v) is 6.79. The third-order valence-corrected chi connectivity index (χ3v) is 3.44.